The lowest BCUT2D eigenvalue weighted by atomic mass is 9.99. The molecule has 8 heteroatoms. The highest BCUT2D eigenvalue weighted by Gasteiger charge is 2.21. The van der Waals surface area contributed by atoms with Crippen molar-refractivity contribution >= 4 is 28.5 Å². The number of nitrogens with zero attached hydrogens (tertiary/aromatic N) is 2. The molecule has 1 rings (SSSR count). The van der Waals surface area contributed by atoms with E-state index in [0.29, 0.717) is 11.6 Å². The molecule has 94 valence electrons. The first-order chi connectivity index (χ1) is 7.89. The molecule has 1 aromatic heterocycles. The number of aromatic nitrogens is 2. The van der Waals surface area contributed by atoms with Crippen molar-refractivity contribution < 1.29 is 14.7 Å². The van der Waals surface area contributed by atoms with Gasteiger partial charge in [0, 0.05) is 12.0 Å². The van der Waals surface area contributed by atoms with Crippen LogP contribution in [0.25, 0.3) is 0 Å². The second kappa shape index (κ2) is 5.58. The summed E-state index contributed by atoms with van der Waals surface area (Å²) < 4.78 is 0. The number of rotatable bonds is 5. The van der Waals surface area contributed by atoms with Gasteiger partial charge in [-0.1, -0.05) is 11.3 Å². The number of nitrogens with one attached hydrogen (secondary N) is 2. The summed E-state index contributed by atoms with van der Waals surface area (Å²) in [7, 11) is 0. The summed E-state index contributed by atoms with van der Waals surface area (Å²) in [6, 6.07) is -0.419. The summed E-state index contributed by atoms with van der Waals surface area (Å²) in [5.41, 5.74) is 0.915. The molecule has 1 heterocycles. The Hall–Kier alpha value is -1.70. The third-order valence-electron chi connectivity index (χ3n) is 2.00. The van der Waals surface area contributed by atoms with Crippen LogP contribution >= 0.6 is 11.3 Å². The Morgan fingerprint density at radius 3 is 2.76 bits per heavy atom. The molecule has 17 heavy (non-hydrogen) atoms. The van der Waals surface area contributed by atoms with Crippen molar-refractivity contribution in [2.45, 2.75) is 32.2 Å². The summed E-state index contributed by atoms with van der Waals surface area (Å²) in [4.78, 5) is 22.0. The molecular weight excluding hydrogens is 244 g/mol. The number of hydrogen-bond donors (Lipinski definition) is 3. The summed E-state index contributed by atoms with van der Waals surface area (Å²) in [6.45, 7) is 3.52. The standard InChI is InChI=1S/C9H14N4O3S/c1-9(2,4-3-6(14)15)12-7(16)11-8-13-10-5-17-8/h5H,3-4H2,1-2H3,(H,14,15)(H2,11,12,13,16). The summed E-state index contributed by atoms with van der Waals surface area (Å²) in [5.74, 6) is -0.885. The maximum absolute atomic E-state index is 11.5. The molecule has 0 atom stereocenters. The molecular formula is C9H14N4O3S. The van der Waals surface area contributed by atoms with Crippen LogP contribution in [-0.4, -0.2) is 32.8 Å². The fourth-order valence-corrected chi connectivity index (χ4v) is 1.59. The lowest BCUT2D eigenvalue weighted by Gasteiger charge is -2.25. The van der Waals surface area contributed by atoms with E-state index in [2.05, 4.69) is 20.8 Å². The Bertz CT molecular complexity index is 391. The van der Waals surface area contributed by atoms with Crippen LogP contribution in [0.15, 0.2) is 5.51 Å². The first-order valence-electron chi connectivity index (χ1n) is 4.96. The number of anilines is 1. The van der Waals surface area contributed by atoms with Crippen molar-refractivity contribution in [1.29, 1.82) is 0 Å². The topological polar surface area (TPSA) is 104 Å². The maximum atomic E-state index is 11.5. The molecule has 0 saturated carbocycles. The molecule has 0 fully saturated rings. The lowest BCUT2D eigenvalue weighted by Crippen LogP contribution is -2.45. The van der Waals surface area contributed by atoms with E-state index in [9.17, 15) is 9.59 Å². The molecule has 0 unspecified atom stereocenters. The molecule has 0 aliphatic rings. The van der Waals surface area contributed by atoms with Crippen LogP contribution in [0.5, 0.6) is 0 Å². The Kier molecular flexibility index (Phi) is 4.38. The van der Waals surface area contributed by atoms with Crippen LogP contribution in [0, 0.1) is 0 Å². The van der Waals surface area contributed by atoms with E-state index >= 15 is 0 Å². The van der Waals surface area contributed by atoms with Gasteiger partial charge in [-0.05, 0) is 20.3 Å². The predicted octanol–water partition coefficient (Wildman–Crippen LogP) is 1.30. The number of carboxylic acid groups (broad SMARTS) is 1. The molecule has 1 aromatic rings. The van der Waals surface area contributed by atoms with Gasteiger partial charge in [0.1, 0.15) is 5.51 Å². The van der Waals surface area contributed by atoms with Crippen molar-refractivity contribution in [3.8, 4) is 0 Å². The van der Waals surface area contributed by atoms with Crippen LogP contribution < -0.4 is 10.6 Å². The van der Waals surface area contributed by atoms with Gasteiger partial charge in [-0.15, -0.1) is 10.2 Å². The first kappa shape index (κ1) is 13.4. The molecule has 0 spiro atoms. The summed E-state index contributed by atoms with van der Waals surface area (Å²) in [5, 5.41) is 21.4. The molecule has 0 saturated heterocycles. The number of carboxylic acids is 1. The average molecular weight is 258 g/mol. The molecule has 0 aromatic carbocycles. The Morgan fingerprint density at radius 1 is 1.53 bits per heavy atom. The number of aliphatic carboxylic acids is 1. The van der Waals surface area contributed by atoms with Gasteiger partial charge >= 0.3 is 12.0 Å². The van der Waals surface area contributed by atoms with Gasteiger partial charge in [0.25, 0.3) is 0 Å². The molecule has 2 amide bonds. The van der Waals surface area contributed by atoms with Crippen molar-refractivity contribution in [3.63, 3.8) is 0 Å². The minimum absolute atomic E-state index is 0.00604. The number of urea groups is 1. The van der Waals surface area contributed by atoms with E-state index in [1.54, 1.807) is 13.8 Å². The lowest BCUT2D eigenvalue weighted by molar-refractivity contribution is -0.137. The van der Waals surface area contributed by atoms with Gasteiger partial charge in [-0.25, -0.2) is 4.79 Å². The fraction of sp³-hybridized carbons (Fsp3) is 0.556. The largest absolute Gasteiger partial charge is 0.481 e. The minimum Gasteiger partial charge on any atom is -0.481 e. The minimum atomic E-state index is -0.885. The van der Waals surface area contributed by atoms with E-state index in [-0.39, 0.29) is 6.42 Å². The van der Waals surface area contributed by atoms with Crippen LogP contribution in [-0.2, 0) is 4.79 Å². The highest BCUT2D eigenvalue weighted by atomic mass is 32.1. The zero-order valence-electron chi connectivity index (χ0n) is 9.56. The van der Waals surface area contributed by atoms with E-state index in [1.807, 2.05) is 0 Å². The molecule has 0 aliphatic carbocycles. The monoisotopic (exact) mass is 258 g/mol. The van der Waals surface area contributed by atoms with E-state index in [1.165, 1.54) is 16.8 Å². The van der Waals surface area contributed by atoms with Gasteiger partial charge in [0.15, 0.2) is 0 Å². The second-order valence-corrected chi connectivity index (χ2v) is 4.93. The zero-order chi connectivity index (χ0) is 12.9. The third-order valence-corrected chi connectivity index (χ3v) is 2.60. The Balaban J connectivity index is 2.41. The molecule has 7 nitrogen and oxygen atoms in total. The molecule has 0 bridgehead atoms. The van der Waals surface area contributed by atoms with Crippen LogP contribution in [0.4, 0.5) is 9.93 Å². The number of carbonyl (C=O) groups excluding carboxylic acids is 1. The van der Waals surface area contributed by atoms with Gasteiger partial charge in [-0.3, -0.25) is 10.1 Å². The molecule has 0 radical (unpaired) electrons. The summed E-state index contributed by atoms with van der Waals surface area (Å²) >= 11 is 1.21. The fourth-order valence-electron chi connectivity index (χ4n) is 1.15. The summed E-state index contributed by atoms with van der Waals surface area (Å²) in [6.07, 6.45) is 0.359. The van der Waals surface area contributed by atoms with Gasteiger partial charge in [0.2, 0.25) is 5.13 Å². The predicted molar refractivity (Wildman–Crippen MR) is 63.0 cm³/mol. The van der Waals surface area contributed by atoms with Gasteiger partial charge in [0.05, 0.1) is 0 Å². The highest BCUT2D eigenvalue weighted by Crippen LogP contribution is 2.12. The number of amides is 2. The number of carbonyl (C=O) groups is 2. The van der Waals surface area contributed by atoms with Crippen molar-refractivity contribution in [2.75, 3.05) is 5.32 Å². The van der Waals surface area contributed by atoms with Crippen molar-refractivity contribution in [1.82, 2.24) is 15.5 Å². The smallest absolute Gasteiger partial charge is 0.321 e. The van der Waals surface area contributed by atoms with Crippen LogP contribution in [0.2, 0.25) is 0 Å². The maximum Gasteiger partial charge on any atom is 0.321 e. The van der Waals surface area contributed by atoms with Crippen LogP contribution in [0.3, 0.4) is 0 Å². The van der Waals surface area contributed by atoms with E-state index in [4.69, 9.17) is 5.11 Å². The Morgan fingerprint density at radius 2 is 2.24 bits per heavy atom. The average Bonchev–Trinajstić information content (AvgIpc) is 2.66. The Labute approximate surface area is 102 Å². The number of hydrogen-bond acceptors (Lipinski definition) is 5. The van der Waals surface area contributed by atoms with E-state index < -0.39 is 17.5 Å². The third kappa shape index (κ3) is 5.25. The van der Waals surface area contributed by atoms with Crippen LogP contribution in [0.1, 0.15) is 26.7 Å². The normalized spacial score (nSPS) is 10.9. The van der Waals surface area contributed by atoms with Crippen molar-refractivity contribution in [3.05, 3.63) is 5.51 Å². The molecule has 3 N–H and O–H groups in total. The van der Waals surface area contributed by atoms with Crippen molar-refractivity contribution in [2.24, 2.45) is 0 Å². The molecule has 0 aliphatic heterocycles. The zero-order valence-corrected chi connectivity index (χ0v) is 10.4. The first-order valence-corrected chi connectivity index (χ1v) is 5.84. The van der Waals surface area contributed by atoms with Gasteiger partial charge in [-0.2, -0.15) is 0 Å². The highest BCUT2D eigenvalue weighted by molar-refractivity contribution is 7.13. The quantitative estimate of drug-likeness (QED) is 0.738. The van der Waals surface area contributed by atoms with Gasteiger partial charge < -0.3 is 10.4 Å². The van der Waals surface area contributed by atoms with E-state index in [0.717, 1.165) is 0 Å². The SMILES string of the molecule is CC(C)(CCC(=O)O)NC(=O)Nc1nncs1. The second-order valence-electron chi connectivity index (χ2n) is 4.10.